The number of carbonyl (C=O) groups is 2. The van der Waals surface area contributed by atoms with Gasteiger partial charge in [0.1, 0.15) is 11.4 Å². The van der Waals surface area contributed by atoms with E-state index in [2.05, 4.69) is 5.10 Å². The molecule has 0 saturated carbocycles. The van der Waals surface area contributed by atoms with Crippen molar-refractivity contribution in [2.45, 2.75) is 19.8 Å². The summed E-state index contributed by atoms with van der Waals surface area (Å²) in [6, 6.07) is 0. The molecule has 0 bridgehead atoms. The van der Waals surface area contributed by atoms with Gasteiger partial charge in [-0.3, -0.25) is 14.3 Å². The number of carbonyl (C=O) groups excluding carboxylic acids is 1. The maximum absolute atomic E-state index is 11.5. The maximum Gasteiger partial charge on any atom is 0.308 e. The van der Waals surface area contributed by atoms with Crippen molar-refractivity contribution in [3.63, 3.8) is 0 Å². The molecular weight excluding hydrogens is 248 g/mol. The zero-order valence-corrected chi connectivity index (χ0v) is 11.1. The van der Waals surface area contributed by atoms with Crippen molar-refractivity contribution in [1.82, 2.24) is 9.78 Å². The number of aromatic nitrogens is 2. The molecule has 104 valence electrons. The number of aliphatic carboxylic acids is 1. The van der Waals surface area contributed by atoms with Crippen LogP contribution in [-0.4, -0.2) is 39.9 Å². The number of anilines is 1. The molecule has 0 radical (unpaired) electrons. The average molecular weight is 266 g/mol. The van der Waals surface area contributed by atoms with Crippen molar-refractivity contribution in [2.75, 3.05) is 18.0 Å². The highest BCUT2D eigenvalue weighted by Crippen LogP contribution is 2.27. The molecule has 1 saturated heterocycles. The van der Waals surface area contributed by atoms with Gasteiger partial charge in [0.15, 0.2) is 0 Å². The van der Waals surface area contributed by atoms with Gasteiger partial charge in [0.05, 0.1) is 11.6 Å². The Labute approximate surface area is 111 Å². The smallest absolute Gasteiger partial charge is 0.308 e. The van der Waals surface area contributed by atoms with Crippen LogP contribution in [0.15, 0.2) is 0 Å². The van der Waals surface area contributed by atoms with Crippen LogP contribution < -0.4 is 10.6 Å². The molecule has 1 atom stereocenters. The number of carboxylic acid groups (broad SMARTS) is 1. The summed E-state index contributed by atoms with van der Waals surface area (Å²) in [7, 11) is 1.74. The minimum absolute atomic E-state index is 0.383. The van der Waals surface area contributed by atoms with Crippen molar-refractivity contribution in [3.05, 3.63) is 11.3 Å². The van der Waals surface area contributed by atoms with E-state index in [1.807, 2.05) is 4.90 Å². The van der Waals surface area contributed by atoms with E-state index in [-0.39, 0.29) is 0 Å². The van der Waals surface area contributed by atoms with Gasteiger partial charge in [-0.25, -0.2) is 0 Å². The second-order valence-corrected chi connectivity index (χ2v) is 4.90. The van der Waals surface area contributed by atoms with Crippen molar-refractivity contribution < 1.29 is 14.7 Å². The molecule has 1 aliphatic rings. The Balaban J connectivity index is 2.36. The Bertz CT molecular complexity index is 523. The number of primary amides is 1. The molecule has 1 fully saturated rings. The van der Waals surface area contributed by atoms with Crippen LogP contribution in [0.4, 0.5) is 5.82 Å². The molecule has 3 N–H and O–H groups in total. The van der Waals surface area contributed by atoms with E-state index in [1.165, 1.54) is 0 Å². The fourth-order valence-corrected chi connectivity index (χ4v) is 2.67. The highest BCUT2D eigenvalue weighted by Gasteiger charge is 2.30. The van der Waals surface area contributed by atoms with E-state index in [1.54, 1.807) is 18.7 Å². The summed E-state index contributed by atoms with van der Waals surface area (Å²) < 4.78 is 1.60. The summed E-state index contributed by atoms with van der Waals surface area (Å²) in [5.74, 6) is -1.12. The third kappa shape index (κ3) is 2.40. The lowest BCUT2D eigenvalue weighted by molar-refractivity contribution is -0.141. The SMILES string of the molecule is Cc1nn(C)c(N2CCCC(C(=O)O)C2)c1C(N)=O. The normalized spacial score (nSPS) is 19.5. The number of nitrogens with two attached hydrogens (primary N) is 1. The molecule has 2 rings (SSSR count). The number of carboxylic acids is 1. The van der Waals surface area contributed by atoms with Crippen molar-refractivity contribution >= 4 is 17.7 Å². The van der Waals surface area contributed by atoms with Crippen LogP contribution in [0.3, 0.4) is 0 Å². The first-order valence-corrected chi connectivity index (χ1v) is 6.23. The lowest BCUT2D eigenvalue weighted by Gasteiger charge is -2.32. The third-order valence-corrected chi connectivity index (χ3v) is 3.51. The molecule has 1 aromatic heterocycles. The van der Waals surface area contributed by atoms with E-state index in [0.717, 1.165) is 6.42 Å². The Hall–Kier alpha value is -2.05. The molecule has 19 heavy (non-hydrogen) atoms. The Morgan fingerprint density at radius 2 is 2.16 bits per heavy atom. The molecular formula is C12H18N4O3. The second kappa shape index (κ2) is 4.91. The van der Waals surface area contributed by atoms with Crippen LogP contribution in [0.25, 0.3) is 0 Å². The predicted octanol–water partition coefficient (Wildman–Crippen LogP) is 0.128. The molecule has 0 spiro atoms. The first-order chi connectivity index (χ1) is 8.91. The maximum atomic E-state index is 11.5. The number of nitrogens with zero attached hydrogens (tertiary/aromatic N) is 3. The minimum atomic E-state index is -0.802. The van der Waals surface area contributed by atoms with Gasteiger partial charge in [0, 0.05) is 20.1 Å². The number of aryl methyl sites for hydroxylation is 2. The summed E-state index contributed by atoms with van der Waals surface area (Å²) >= 11 is 0. The zero-order valence-electron chi connectivity index (χ0n) is 11.1. The van der Waals surface area contributed by atoms with Crippen LogP contribution in [0, 0.1) is 12.8 Å². The number of hydrogen-bond donors (Lipinski definition) is 2. The van der Waals surface area contributed by atoms with E-state index in [0.29, 0.717) is 36.6 Å². The van der Waals surface area contributed by atoms with Crippen LogP contribution in [0.2, 0.25) is 0 Å². The van der Waals surface area contributed by atoms with E-state index < -0.39 is 17.8 Å². The number of piperidine rings is 1. The number of rotatable bonds is 3. The monoisotopic (exact) mass is 266 g/mol. The van der Waals surface area contributed by atoms with Gasteiger partial charge in [-0.2, -0.15) is 5.10 Å². The Kier molecular flexibility index (Phi) is 3.46. The summed E-state index contributed by atoms with van der Waals surface area (Å²) in [5.41, 5.74) is 6.35. The highest BCUT2D eigenvalue weighted by atomic mass is 16.4. The quantitative estimate of drug-likeness (QED) is 0.809. The highest BCUT2D eigenvalue weighted by molar-refractivity contribution is 5.99. The van der Waals surface area contributed by atoms with E-state index in [4.69, 9.17) is 10.8 Å². The van der Waals surface area contributed by atoms with Gasteiger partial charge in [-0.05, 0) is 19.8 Å². The summed E-state index contributed by atoms with van der Waals surface area (Å²) in [6.07, 6.45) is 1.44. The fourth-order valence-electron chi connectivity index (χ4n) is 2.67. The molecule has 0 aromatic carbocycles. The van der Waals surface area contributed by atoms with Gasteiger partial charge in [0.25, 0.3) is 5.91 Å². The fraction of sp³-hybridized carbons (Fsp3) is 0.583. The largest absolute Gasteiger partial charge is 0.481 e. The van der Waals surface area contributed by atoms with Crippen LogP contribution in [0.1, 0.15) is 28.9 Å². The lowest BCUT2D eigenvalue weighted by Crippen LogP contribution is -2.40. The van der Waals surface area contributed by atoms with E-state index in [9.17, 15) is 9.59 Å². The van der Waals surface area contributed by atoms with Crippen LogP contribution >= 0.6 is 0 Å². The van der Waals surface area contributed by atoms with E-state index >= 15 is 0 Å². The Morgan fingerprint density at radius 3 is 2.74 bits per heavy atom. The molecule has 7 nitrogen and oxygen atoms in total. The summed E-state index contributed by atoms with van der Waals surface area (Å²) in [5, 5.41) is 13.3. The molecule has 2 heterocycles. The van der Waals surface area contributed by atoms with Gasteiger partial charge >= 0.3 is 5.97 Å². The number of amides is 1. The molecule has 1 amide bonds. The molecule has 1 aromatic rings. The standard InChI is InChI=1S/C12H18N4O3/c1-7-9(10(13)17)11(15(2)14-7)16-5-3-4-8(6-16)12(18)19/h8H,3-6H2,1-2H3,(H2,13,17)(H,18,19). The van der Waals surface area contributed by atoms with Crippen LogP contribution in [0.5, 0.6) is 0 Å². The van der Waals surface area contributed by atoms with Crippen molar-refractivity contribution in [3.8, 4) is 0 Å². The first kappa shape index (κ1) is 13.4. The molecule has 7 heteroatoms. The van der Waals surface area contributed by atoms with Crippen molar-refractivity contribution in [2.24, 2.45) is 18.7 Å². The lowest BCUT2D eigenvalue weighted by atomic mass is 9.98. The predicted molar refractivity (Wildman–Crippen MR) is 69.0 cm³/mol. The van der Waals surface area contributed by atoms with Crippen molar-refractivity contribution in [1.29, 1.82) is 0 Å². The van der Waals surface area contributed by atoms with Gasteiger partial charge < -0.3 is 15.7 Å². The number of hydrogen-bond acceptors (Lipinski definition) is 4. The molecule has 1 unspecified atom stereocenters. The summed E-state index contributed by atoms with van der Waals surface area (Å²) in [6.45, 7) is 2.82. The minimum Gasteiger partial charge on any atom is -0.481 e. The van der Waals surface area contributed by atoms with Crippen LogP contribution in [-0.2, 0) is 11.8 Å². The van der Waals surface area contributed by atoms with Gasteiger partial charge in [-0.1, -0.05) is 0 Å². The zero-order chi connectivity index (χ0) is 14.2. The topological polar surface area (TPSA) is 101 Å². The summed E-state index contributed by atoms with van der Waals surface area (Å²) in [4.78, 5) is 24.5. The Morgan fingerprint density at radius 1 is 1.47 bits per heavy atom. The second-order valence-electron chi connectivity index (χ2n) is 4.90. The first-order valence-electron chi connectivity index (χ1n) is 6.23. The van der Waals surface area contributed by atoms with Gasteiger partial charge in [0.2, 0.25) is 0 Å². The molecule has 1 aliphatic heterocycles. The average Bonchev–Trinajstić information content (AvgIpc) is 2.64. The van der Waals surface area contributed by atoms with Gasteiger partial charge in [-0.15, -0.1) is 0 Å². The third-order valence-electron chi connectivity index (χ3n) is 3.51. The molecule has 0 aliphatic carbocycles.